The Labute approximate surface area is 170 Å². The molecular formula is C20H21BrN2O3S. The molecule has 0 aliphatic rings. The summed E-state index contributed by atoms with van der Waals surface area (Å²) in [5.74, 6) is 1.98. The predicted octanol–water partition coefficient (Wildman–Crippen LogP) is 5.05. The first kappa shape index (κ1) is 19.8. The molecule has 27 heavy (non-hydrogen) atoms. The number of hydrogen-bond donors (Lipinski definition) is 0. The van der Waals surface area contributed by atoms with E-state index in [1.807, 2.05) is 50.2 Å². The van der Waals surface area contributed by atoms with Gasteiger partial charge in [-0.1, -0.05) is 39.8 Å². The minimum atomic E-state index is -0.00974. The summed E-state index contributed by atoms with van der Waals surface area (Å²) in [6.45, 7) is 3.99. The van der Waals surface area contributed by atoms with Crippen LogP contribution in [0.4, 0.5) is 0 Å². The molecule has 0 atom stereocenters. The van der Waals surface area contributed by atoms with Crippen LogP contribution in [0.1, 0.15) is 25.5 Å². The molecule has 3 aromatic rings. The molecule has 5 nitrogen and oxygen atoms in total. The topological polar surface area (TPSA) is 53.3 Å². The van der Waals surface area contributed by atoms with E-state index in [-0.39, 0.29) is 11.6 Å². The van der Waals surface area contributed by atoms with Crippen LogP contribution < -0.4 is 15.0 Å². The lowest BCUT2D eigenvalue weighted by atomic mass is 10.2. The Morgan fingerprint density at radius 1 is 1.15 bits per heavy atom. The number of nitrogens with zero attached hydrogens (tertiary/aromatic N) is 2. The SMILES string of the molecule is COc1cc(Br)c(CSc2nc3ccccc3c(=O)n2C(C)C)cc1OC. The number of thioether (sulfide) groups is 1. The zero-order valence-electron chi connectivity index (χ0n) is 15.7. The highest BCUT2D eigenvalue weighted by Crippen LogP contribution is 2.36. The van der Waals surface area contributed by atoms with Crippen LogP contribution in [0.2, 0.25) is 0 Å². The van der Waals surface area contributed by atoms with Crippen LogP contribution in [0.25, 0.3) is 10.9 Å². The van der Waals surface area contributed by atoms with Gasteiger partial charge in [-0.3, -0.25) is 9.36 Å². The molecule has 0 aliphatic heterocycles. The van der Waals surface area contributed by atoms with Gasteiger partial charge >= 0.3 is 0 Å². The summed E-state index contributed by atoms with van der Waals surface area (Å²) in [6.07, 6.45) is 0. The van der Waals surface area contributed by atoms with Gasteiger partial charge in [0.05, 0.1) is 25.1 Å². The van der Waals surface area contributed by atoms with Gasteiger partial charge in [-0.2, -0.15) is 0 Å². The highest BCUT2D eigenvalue weighted by molar-refractivity contribution is 9.10. The van der Waals surface area contributed by atoms with Crippen molar-refractivity contribution in [2.75, 3.05) is 14.2 Å². The Kier molecular flexibility index (Phi) is 6.11. The Balaban J connectivity index is 2.00. The van der Waals surface area contributed by atoms with Crippen LogP contribution in [0.15, 0.2) is 50.8 Å². The summed E-state index contributed by atoms with van der Waals surface area (Å²) in [7, 11) is 3.23. The smallest absolute Gasteiger partial charge is 0.262 e. The third kappa shape index (κ3) is 3.99. The highest BCUT2D eigenvalue weighted by atomic mass is 79.9. The summed E-state index contributed by atoms with van der Waals surface area (Å²) in [6, 6.07) is 11.3. The van der Waals surface area contributed by atoms with Crippen molar-refractivity contribution in [2.45, 2.75) is 30.8 Å². The summed E-state index contributed by atoms with van der Waals surface area (Å²) in [5, 5.41) is 1.35. The zero-order valence-corrected chi connectivity index (χ0v) is 18.1. The third-order valence-corrected chi connectivity index (χ3v) is 5.94. The number of fused-ring (bicyclic) bond motifs is 1. The average molecular weight is 449 g/mol. The van der Waals surface area contributed by atoms with Gasteiger partial charge in [0.15, 0.2) is 16.7 Å². The summed E-state index contributed by atoms with van der Waals surface area (Å²) in [5.41, 5.74) is 1.74. The lowest BCUT2D eigenvalue weighted by molar-refractivity contribution is 0.354. The fourth-order valence-corrected chi connectivity index (χ4v) is 4.60. The molecular weight excluding hydrogens is 428 g/mol. The van der Waals surface area contributed by atoms with Gasteiger partial charge in [0.25, 0.3) is 5.56 Å². The van der Waals surface area contributed by atoms with E-state index >= 15 is 0 Å². The van der Waals surface area contributed by atoms with E-state index < -0.39 is 0 Å². The summed E-state index contributed by atoms with van der Waals surface area (Å²) < 4.78 is 13.4. The van der Waals surface area contributed by atoms with Crippen LogP contribution in [-0.4, -0.2) is 23.8 Å². The fourth-order valence-electron chi connectivity index (χ4n) is 2.83. The zero-order chi connectivity index (χ0) is 19.6. The van der Waals surface area contributed by atoms with Gasteiger partial charge in [0.2, 0.25) is 0 Å². The lowest BCUT2D eigenvalue weighted by Gasteiger charge is -2.17. The summed E-state index contributed by atoms with van der Waals surface area (Å²) in [4.78, 5) is 17.6. The molecule has 2 aromatic carbocycles. The van der Waals surface area contributed by atoms with Gasteiger partial charge < -0.3 is 9.47 Å². The second-order valence-electron chi connectivity index (χ2n) is 6.27. The Morgan fingerprint density at radius 2 is 1.81 bits per heavy atom. The molecule has 0 aliphatic carbocycles. The first-order chi connectivity index (χ1) is 13.0. The molecule has 0 saturated heterocycles. The molecule has 0 N–H and O–H groups in total. The number of aromatic nitrogens is 2. The van der Waals surface area contributed by atoms with Gasteiger partial charge in [0.1, 0.15) is 0 Å². The van der Waals surface area contributed by atoms with Gasteiger partial charge in [-0.05, 0) is 43.7 Å². The number of hydrogen-bond acceptors (Lipinski definition) is 5. The van der Waals surface area contributed by atoms with E-state index in [9.17, 15) is 4.79 Å². The van der Waals surface area contributed by atoms with Crippen molar-refractivity contribution in [2.24, 2.45) is 0 Å². The number of para-hydroxylation sites is 1. The third-order valence-electron chi connectivity index (χ3n) is 4.20. The molecule has 0 fully saturated rings. The number of halogens is 1. The largest absolute Gasteiger partial charge is 0.493 e. The maximum atomic E-state index is 12.9. The minimum absolute atomic E-state index is 0.00974. The van der Waals surface area contributed by atoms with E-state index in [2.05, 4.69) is 15.9 Å². The number of methoxy groups -OCH3 is 2. The molecule has 3 rings (SSSR count). The molecule has 7 heteroatoms. The van der Waals surface area contributed by atoms with E-state index in [4.69, 9.17) is 14.5 Å². The molecule has 0 radical (unpaired) electrons. The van der Waals surface area contributed by atoms with Crippen LogP contribution in [-0.2, 0) is 5.75 Å². The van der Waals surface area contributed by atoms with Crippen LogP contribution in [0.3, 0.4) is 0 Å². The molecule has 0 unspecified atom stereocenters. The Morgan fingerprint density at radius 3 is 2.48 bits per heavy atom. The molecule has 0 spiro atoms. The van der Waals surface area contributed by atoms with E-state index in [0.717, 1.165) is 10.0 Å². The van der Waals surface area contributed by atoms with Gasteiger partial charge in [-0.25, -0.2) is 4.98 Å². The lowest BCUT2D eigenvalue weighted by Crippen LogP contribution is -2.25. The van der Waals surface area contributed by atoms with Crippen molar-refractivity contribution in [3.8, 4) is 11.5 Å². The maximum Gasteiger partial charge on any atom is 0.262 e. The van der Waals surface area contributed by atoms with Gasteiger partial charge in [-0.15, -0.1) is 0 Å². The van der Waals surface area contributed by atoms with Crippen LogP contribution >= 0.6 is 27.7 Å². The Bertz CT molecular complexity index is 1030. The summed E-state index contributed by atoms with van der Waals surface area (Å²) >= 11 is 5.12. The van der Waals surface area contributed by atoms with Crippen molar-refractivity contribution in [1.82, 2.24) is 9.55 Å². The molecule has 1 heterocycles. The van der Waals surface area contributed by atoms with Gasteiger partial charge in [0, 0.05) is 16.3 Å². The number of ether oxygens (including phenoxy) is 2. The quantitative estimate of drug-likeness (QED) is 0.390. The van der Waals surface area contributed by atoms with Crippen LogP contribution in [0.5, 0.6) is 11.5 Å². The number of rotatable bonds is 6. The molecule has 0 saturated carbocycles. The standard InChI is InChI=1S/C20H21BrN2O3S/c1-12(2)23-19(24)14-7-5-6-8-16(14)22-20(23)27-11-13-9-17(25-3)18(26-4)10-15(13)21/h5-10,12H,11H2,1-4H3. The molecule has 0 bridgehead atoms. The van der Waals surface area contributed by atoms with E-state index in [0.29, 0.717) is 33.3 Å². The van der Waals surface area contributed by atoms with E-state index in [1.165, 1.54) is 11.8 Å². The highest BCUT2D eigenvalue weighted by Gasteiger charge is 2.16. The fraction of sp³-hybridized carbons (Fsp3) is 0.300. The Hall–Kier alpha value is -1.99. The molecule has 0 amide bonds. The molecule has 1 aromatic heterocycles. The first-order valence-electron chi connectivity index (χ1n) is 8.50. The second kappa shape index (κ2) is 8.35. The maximum absolute atomic E-state index is 12.9. The van der Waals surface area contributed by atoms with E-state index in [1.54, 1.807) is 18.8 Å². The van der Waals surface area contributed by atoms with Crippen molar-refractivity contribution in [1.29, 1.82) is 0 Å². The van der Waals surface area contributed by atoms with Crippen molar-refractivity contribution < 1.29 is 9.47 Å². The van der Waals surface area contributed by atoms with Crippen molar-refractivity contribution >= 4 is 38.6 Å². The number of benzene rings is 2. The molecule has 142 valence electrons. The minimum Gasteiger partial charge on any atom is -0.493 e. The first-order valence-corrected chi connectivity index (χ1v) is 10.3. The van der Waals surface area contributed by atoms with Crippen LogP contribution in [0, 0.1) is 0 Å². The van der Waals surface area contributed by atoms with Crippen molar-refractivity contribution in [3.63, 3.8) is 0 Å². The second-order valence-corrected chi connectivity index (χ2v) is 8.06. The predicted molar refractivity (Wildman–Crippen MR) is 113 cm³/mol. The monoisotopic (exact) mass is 448 g/mol. The normalized spacial score (nSPS) is 11.2. The van der Waals surface area contributed by atoms with Crippen molar-refractivity contribution in [3.05, 3.63) is 56.8 Å². The average Bonchev–Trinajstić information content (AvgIpc) is 2.66.